The number of nitrogens with one attached hydrogen (secondary N) is 2. The van der Waals surface area contributed by atoms with Gasteiger partial charge in [0.2, 0.25) is 11.8 Å². The van der Waals surface area contributed by atoms with E-state index >= 15 is 0 Å². The summed E-state index contributed by atoms with van der Waals surface area (Å²) in [6.07, 6.45) is 2.27. The summed E-state index contributed by atoms with van der Waals surface area (Å²) in [7, 11) is 0. The van der Waals surface area contributed by atoms with Gasteiger partial charge in [-0.05, 0) is 101 Å². The average molecular weight is 605 g/mol. The average Bonchev–Trinajstić information content (AvgIpc) is 3.35. The molecule has 2 amide bonds. The van der Waals surface area contributed by atoms with Crippen LogP contribution >= 0.6 is 0 Å². The normalized spacial score (nSPS) is 18.7. The molecule has 0 aromatic heterocycles. The number of ether oxygens (including phenoxy) is 3. The summed E-state index contributed by atoms with van der Waals surface area (Å²) < 4.78 is 30.4. The summed E-state index contributed by atoms with van der Waals surface area (Å²) in [5.74, 6) is -0.655. The maximum absolute atomic E-state index is 13.4. The summed E-state index contributed by atoms with van der Waals surface area (Å²) in [5, 5.41) is 5.68. The molecule has 0 spiro atoms. The molecule has 0 saturated heterocycles. The molecule has 0 bridgehead atoms. The summed E-state index contributed by atoms with van der Waals surface area (Å²) >= 11 is 0. The molecule has 44 heavy (non-hydrogen) atoms. The van der Waals surface area contributed by atoms with Gasteiger partial charge in [0.25, 0.3) is 0 Å². The zero-order valence-electron chi connectivity index (χ0n) is 25.7. The molecule has 0 heterocycles. The van der Waals surface area contributed by atoms with Crippen LogP contribution in [0.3, 0.4) is 0 Å². The molecule has 0 radical (unpaired) electrons. The van der Waals surface area contributed by atoms with Gasteiger partial charge < -0.3 is 24.8 Å². The minimum atomic E-state index is -0.976. The van der Waals surface area contributed by atoms with Crippen LogP contribution in [-0.2, 0) is 30.5 Å². The first-order valence-corrected chi connectivity index (χ1v) is 14.9. The Morgan fingerprint density at radius 3 is 2.23 bits per heavy atom. The maximum atomic E-state index is 13.4. The van der Waals surface area contributed by atoms with Gasteiger partial charge >= 0.3 is 5.97 Å². The van der Waals surface area contributed by atoms with Crippen LogP contribution in [0.4, 0.5) is 10.1 Å². The zero-order valence-corrected chi connectivity index (χ0v) is 25.7. The number of esters is 1. The summed E-state index contributed by atoms with van der Waals surface area (Å²) in [4.78, 5) is 39.7. The predicted octanol–water partition coefficient (Wildman–Crippen LogP) is 6.80. The highest BCUT2D eigenvalue weighted by Gasteiger charge is 2.48. The Morgan fingerprint density at radius 1 is 0.955 bits per heavy atom. The van der Waals surface area contributed by atoms with Crippen LogP contribution in [0.1, 0.15) is 58.9 Å². The highest BCUT2D eigenvalue weighted by Crippen LogP contribution is 2.46. The molecule has 1 aliphatic rings. The number of amides is 2. The number of rotatable bonds is 12. The van der Waals surface area contributed by atoms with Gasteiger partial charge in [-0.15, -0.1) is 0 Å². The van der Waals surface area contributed by atoms with E-state index in [4.69, 9.17) is 14.2 Å². The van der Waals surface area contributed by atoms with Crippen LogP contribution in [0.5, 0.6) is 11.5 Å². The van der Waals surface area contributed by atoms with E-state index in [1.165, 1.54) is 24.3 Å². The van der Waals surface area contributed by atoms with Crippen molar-refractivity contribution in [2.24, 2.45) is 11.3 Å². The minimum Gasteiger partial charge on any atom is -0.460 e. The third-order valence-electron chi connectivity index (χ3n) is 7.67. The van der Waals surface area contributed by atoms with E-state index in [1.54, 1.807) is 24.3 Å². The number of hydrogen-bond acceptors (Lipinski definition) is 6. The van der Waals surface area contributed by atoms with Gasteiger partial charge in [0.05, 0.1) is 18.6 Å². The second kappa shape index (κ2) is 14.5. The van der Waals surface area contributed by atoms with Gasteiger partial charge in [0.1, 0.15) is 29.0 Å². The number of anilines is 1. The molecule has 234 valence electrons. The van der Waals surface area contributed by atoms with Crippen LogP contribution in [0.2, 0.25) is 0 Å². The first-order chi connectivity index (χ1) is 20.9. The lowest BCUT2D eigenvalue weighted by atomic mass is 9.77. The Bertz CT molecular complexity index is 1410. The van der Waals surface area contributed by atoms with E-state index in [0.29, 0.717) is 23.6 Å². The largest absolute Gasteiger partial charge is 0.460 e. The molecular weight excluding hydrogens is 563 g/mol. The third-order valence-corrected chi connectivity index (χ3v) is 7.67. The van der Waals surface area contributed by atoms with E-state index in [1.807, 2.05) is 58.0 Å². The van der Waals surface area contributed by atoms with Crippen molar-refractivity contribution in [1.82, 2.24) is 5.32 Å². The number of benzene rings is 3. The van der Waals surface area contributed by atoms with Gasteiger partial charge in [-0.25, -0.2) is 4.39 Å². The van der Waals surface area contributed by atoms with Gasteiger partial charge in [0, 0.05) is 12.1 Å². The fourth-order valence-corrected chi connectivity index (χ4v) is 5.23. The lowest BCUT2D eigenvalue weighted by Gasteiger charge is -2.33. The Hall–Kier alpha value is -4.24. The fraction of sp³-hybridized carbons (Fsp3) is 0.400. The van der Waals surface area contributed by atoms with Crippen molar-refractivity contribution in [3.63, 3.8) is 0 Å². The second-order valence-electron chi connectivity index (χ2n) is 12.4. The van der Waals surface area contributed by atoms with Crippen molar-refractivity contribution < 1.29 is 33.0 Å². The molecule has 3 aromatic rings. The second-order valence-corrected chi connectivity index (χ2v) is 12.4. The molecular formula is C35H41FN2O6. The lowest BCUT2D eigenvalue weighted by Crippen LogP contribution is -2.48. The topological polar surface area (TPSA) is 103 Å². The molecule has 3 atom stereocenters. The number of hydrogen-bond donors (Lipinski definition) is 2. The first-order valence-electron chi connectivity index (χ1n) is 14.9. The number of carbonyl (C=O) groups is 3. The molecule has 1 fully saturated rings. The van der Waals surface area contributed by atoms with Gasteiger partial charge in [-0.3, -0.25) is 14.4 Å². The standard InChI is InChI=1S/C35H41FN2O6/c1-34(2,3)44-33(41)35(4)20-8-11-25(35)21-31(39)38-30(23-42-22-24-9-6-5-7-10-24)32(40)37-27-14-18-29(19-15-27)43-28-16-12-26(36)13-17-28/h5-7,9-10,12-19,25,30H,8,11,20-23H2,1-4H3,(H,37,40)(H,38,39). The van der Waals surface area contributed by atoms with Gasteiger partial charge in [-0.2, -0.15) is 0 Å². The lowest BCUT2D eigenvalue weighted by molar-refractivity contribution is -0.169. The van der Waals surface area contributed by atoms with Crippen molar-refractivity contribution in [2.45, 2.75) is 71.6 Å². The highest BCUT2D eigenvalue weighted by atomic mass is 19.1. The molecule has 2 N–H and O–H groups in total. The summed E-state index contributed by atoms with van der Waals surface area (Å²) in [6.45, 7) is 7.57. The van der Waals surface area contributed by atoms with Gasteiger partial charge in [0.15, 0.2) is 0 Å². The molecule has 9 heteroatoms. The Kier molecular flexibility index (Phi) is 10.8. The van der Waals surface area contributed by atoms with E-state index in [9.17, 15) is 18.8 Å². The maximum Gasteiger partial charge on any atom is 0.312 e. The monoisotopic (exact) mass is 604 g/mol. The third kappa shape index (κ3) is 9.38. The van der Waals surface area contributed by atoms with Crippen molar-refractivity contribution >= 4 is 23.5 Å². The molecule has 3 aromatic carbocycles. The molecule has 4 rings (SSSR count). The minimum absolute atomic E-state index is 0.0494. The smallest absolute Gasteiger partial charge is 0.312 e. The Balaban J connectivity index is 1.40. The van der Waals surface area contributed by atoms with Crippen LogP contribution in [0.25, 0.3) is 0 Å². The zero-order chi connectivity index (χ0) is 31.7. The Labute approximate surface area is 258 Å². The highest BCUT2D eigenvalue weighted by molar-refractivity contribution is 5.97. The molecule has 1 saturated carbocycles. The first kappa shape index (κ1) is 32.7. The molecule has 3 unspecified atom stereocenters. The van der Waals surface area contributed by atoms with Crippen LogP contribution in [0.15, 0.2) is 78.9 Å². The quantitative estimate of drug-likeness (QED) is 0.221. The van der Waals surface area contributed by atoms with Gasteiger partial charge in [-0.1, -0.05) is 36.8 Å². The Morgan fingerprint density at radius 2 is 1.59 bits per heavy atom. The SMILES string of the molecule is CC(C)(C)OC(=O)C1(C)CCCC1CC(=O)NC(COCc1ccccc1)C(=O)Nc1ccc(Oc2ccc(F)cc2)cc1. The molecule has 1 aliphatic carbocycles. The van der Waals surface area contributed by atoms with Crippen molar-refractivity contribution in [3.8, 4) is 11.5 Å². The van der Waals surface area contributed by atoms with E-state index in [-0.39, 0.29) is 43.2 Å². The van der Waals surface area contributed by atoms with Crippen LogP contribution < -0.4 is 15.4 Å². The van der Waals surface area contributed by atoms with Crippen LogP contribution in [0, 0.1) is 17.2 Å². The van der Waals surface area contributed by atoms with Crippen molar-refractivity contribution in [2.75, 3.05) is 11.9 Å². The van der Waals surface area contributed by atoms with Crippen LogP contribution in [-0.4, -0.2) is 36.0 Å². The van der Waals surface area contributed by atoms with E-state index in [0.717, 1.165) is 18.4 Å². The van der Waals surface area contributed by atoms with E-state index < -0.39 is 23.0 Å². The molecule has 0 aliphatic heterocycles. The van der Waals surface area contributed by atoms with E-state index in [2.05, 4.69) is 10.6 Å². The number of halogens is 1. The predicted molar refractivity (Wildman–Crippen MR) is 165 cm³/mol. The molecule has 8 nitrogen and oxygen atoms in total. The summed E-state index contributed by atoms with van der Waals surface area (Å²) in [6, 6.07) is 20.9. The van der Waals surface area contributed by atoms with Crippen molar-refractivity contribution in [1.29, 1.82) is 0 Å². The summed E-state index contributed by atoms with van der Waals surface area (Å²) in [5.41, 5.74) is 0.0371. The number of carbonyl (C=O) groups excluding carboxylic acids is 3. The fourth-order valence-electron chi connectivity index (χ4n) is 5.23. The van der Waals surface area contributed by atoms with Crippen molar-refractivity contribution in [3.05, 3.63) is 90.2 Å².